The second kappa shape index (κ2) is 11.8. The molecule has 5 heteroatoms. The van der Waals surface area contributed by atoms with E-state index >= 15 is 0 Å². The highest BCUT2D eigenvalue weighted by atomic mass is 16.6. The smallest absolute Gasteiger partial charge is 0.414 e. The number of hydrogen-bond acceptors (Lipinski definition) is 4. The Hall–Kier alpha value is -2.63. The van der Waals surface area contributed by atoms with Gasteiger partial charge in [-0.25, -0.2) is 4.79 Å². The second-order valence-electron chi connectivity index (χ2n) is 8.90. The molecule has 2 rings (SSSR count). The summed E-state index contributed by atoms with van der Waals surface area (Å²) in [6.45, 7) is 7.23. The molecule has 2 aromatic rings. The number of benzene rings is 2. The number of amides is 1. The number of nitrogens with zero attached hydrogens (tertiary/aromatic N) is 2. The van der Waals surface area contributed by atoms with Crippen LogP contribution in [0.4, 0.5) is 4.79 Å². The topological polar surface area (TPSA) is 58.8 Å². The first-order valence-corrected chi connectivity index (χ1v) is 11.3. The molecule has 0 aliphatic carbocycles. The summed E-state index contributed by atoms with van der Waals surface area (Å²) in [5.41, 5.74) is 7.34. The van der Waals surface area contributed by atoms with Crippen LogP contribution in [0.15, 0.2) is 72.5 Å². The summed E-state index contributed by atoms with van der Waals surface area (Å²) in [4.78, 5) is 16.9. The van der Waals surface area contributed by atoms with Crippen LogP contribution in [0.25, 0.3) is 0 Å². The SMILES string of the molecule is C/C=C(\OC(=O)N(C)CC(C)CN)C(CC(C)N(C)C)(c1ccccc1)c1ccccc1. The average Bonchev–Trinajstić information content (AvgIpc) is 2.81. The summed E-state index contributed by atoms with van der Waals surface area (Å²) >= 11 is 0. The quantitative estimate of drug-likeness (QED) is 0.538. The van der Waals surface area contributed by atoms with Gasteiger partial charge in [0.15, 0.2) is 0 Å². The number of hydrogen-bond donors (Lipinski definition) is 1. The van der Waals surface area contributed by atoms with Gasteiger partial charge in [-0.15, -0.1) is 0 Å². The Labute approximate surface area is 193 Å². The van der Waals surface area contributed by atoms with Gasteiger partial charge < -0.3 is 20.3 Å². The number of nitrogens with two attached hydrogens (primary N) is 1. The van der Waals surface area contributed by atoms with E-state index < -0.39 is 5.41 Å². The van der Waals surface area contributed by atoms with E-state index in [9.17, 15) is 4.79 Å². The molecule has 0 radical (unpaired) electrons. The molecule has 2 unspecified atom stereocenters. The van der Waals surface area contributed by atoms with Crippen LogP contribution in [0.2, 0.25) is 0 Å². The van der Waals surface area contributed by atoms with Gasteiger partial charge in [0.2, 0.25) is 0 Å². The lowest BCUT2D eigenvalue weighted by atomic mass is 9.68. The molecule has 0 bridgehead atoms. The monoisotopic (exact) mass is 437 g/mol. The van der Waals surface area contributed by atoms with E-state index in [1.165, 1.54) is 0 Å². The first kappa shape index (κ1) is 25.6. The van der Waals surface area contributed by atoms with Crippen molar-refractivity contribution in [3.8, 4) is 0 Å². The van der Waals surface area contributed by atoms with Crippen LogP contribution < -0.4 is 5.73 Å². The summed E-state index contributed by atoms with van der Waals surface area (Å²) in [5.74, 6) is 0.837. The average molecular weight is 438 g/mol. The van der Waals surface area contributed by atoms with Crippen molar-refractivity contribution in [2.75, 3.05) is 34.2 Å². The molecule has 0 saturated carbocycles. The minimum atomic E-state index is -0.614. The highest BCUT2D eigenvalue weighted by molar-refractivity contribution is 5.69. The first-order chi connectivity index (χ1) is 15.3. The van der Waals surface area contributed by atoms with Crippen molar-refractivity contribution in [1.82, 2.24) is 9.80 Å². The maximum atomic E-state index is 13.1. The Bertz CT molecular complexity index is 825. The molecule has 0 fully saturated rings. The fourth-order valence-corrected chi connectivity index (χ4v) is 4.04. The van der Waals surface area contributed by atoms with Crippen molar-refractivity contribution < 1.29 is 9.53 Å². The van der Waals surface area contributed by atoms with Gasteiger partial charge in [-0.3, -0.25) is 0 Å². The molecular formula is C27H39N3O2. The van der Waals surface area contributed by atoms with Gasteiger partial charge in [-0.2, -0.15) is 0 Å². The summed E-state index contributed by atoms with van der Waals surface area (Å²) in [6.07, 6.45) is 2.32. The first-order valence-electron chi connectivity index (χ1n) is 11.3. The van der Waals surface area contributed by atoms with Gasteiger partial charge in [-0.1, -0.05) is 67.6 Å². The van der Waals surface area contributed by atoms with Gasteiger partial charge in [0, 0.05) is 19.6 Å². The zero-order chi connectivity index (χ0) is 23.7. The zero-order valence-corrected chi connectivity index (χ0v) is 20.4. The van der Waals surface area contributed by atoms with Crippen LogP contribution in [0.3, 0.4) is 0 Å². The Morgan fingerprint density at radius 1 is 1.00 bits per heavy atom. The Kier molecular flexibility index (Phi) is 9.48. The van der Waals surface area contributed by atoms with Crippen molar-refractivity contribution in [1.29, 1.82) is 0 Å². The maximum Gasteiger partial charge on any atom is 0.414 e. The number of ether oxygens (including phenoxy) is 1. The molecule has 2 aromatic carbocycles. The molecule has 0 aliphatic rings. The molecule has 5 nitrogen and oxygen atoms in total. The Balaban J connectivity index is 2.60. The predicted octanol–water partition coefficient (Wildman–Crippen LogP) is 4.88. The summed E-state index contributed by atoms with van der Waals surface area (Å²) in [7, 11) is 5.92. The largest absolute Gasteiger partial charge is 0.414 e. The van der Waals surface area contributed by atoms with Crippen molar-refractivity contribution in [3.63, 3.8) is 0 Å². The molecule has 1 amide bonds. The lowest BCUT2D eigenvalue weighted by Crippen LogP contribution is -2.41. The van der Waals surface area contributed by atoms with Crippen LogP contribution in [0.5, 0.6) is 0 Å². The van der Waals surface area contributed by atoms with Gasteiger partial charge in [-0.05, 0) is 64.0 Å². The molecule has 2 atom stereocenters. The highest BCUT2D eigenvalue weighted by Crippen LogP contribution is 2.44. The van der Waals surface area contributed by atoms with Gasteiger partial charge in [0.25, 0.3) is 0 Å². The van der Waals surface area contributed by atoms with Crippen molar-refractivity contribution >= 4 is 6.09 Å². The second-order valence-corrected chi connectivity index (χ2v) is 8.90. The molecular weight excluding hydrogens is 398 g/mol. The van der Waals surface area contributed by atoms with Crippen molar-refractivity contribution in [2.24, 2.45) is 11.7 Å². The molecule has 32 heavy (non-hydrogen) atoms. The molecule has 174 valence electrons. The highest BCUT2D eigenvalue weighted by Gasteiger charge is 2.42. The normalized spacial score (nSPS) is 14.2. The van der Waals surface area contributed by atoms with Gasteiger partial charge in [0.1, 0.15) is 5.76 Å². The minimum absolute atomic E-state index is 0.198. The van der Waals surface area contributed by atoms with Crippen LogP contribution in [-0.4, -0.2) is 56.2 Å². The zero-order valence-electron chi connectivity index (χ0n) is 20.4. The van der Waals surface area contributed by atoms with Gasteiger partial charge >= 0.3 is 6.09 Å². The van der Waals surface area contributed by atoms with Crippen molar-refractivity contribution in [3.05, 3.63) is 83.6 Å². The fraction of sp³-hybridized carbons (Fsp3) is 0.444. The number of rotatable bonds is 10. The van der Waals surface area contributed by atoms with Gasteiger partial charge in [0.05, 0.1) is 5.41 Å². The molecule has 0 saturated heterocycles. The lowest BCUT2D eigenvalue weighted by molar-refractivity contribution is 0.118. The van der Waals surface area contributed by atoms with E-state index in [4.69, 9.17) is 10.5 Å². The predicted molar refractivity (Wildman–Crippen MR) is 133 cm³/mol. The molecule has 0 aromatic heterocycles. The van der Waals surface area contributed by atoms with Crippen LogP contribution in [0, 0.1) is 5.92 Å². The standard InChI is InChI=1S/C27H39N3O2/c1-7-25(32-26(31)30(6)20-21(2)19-28)27(18-22(3)29(4)5,23-14-10-8-11-15-23)24-16-12-9-13-17-24/h7-17,21-22H,18-20,28H2,1-6H3/b25-7-. The molecule has 0 spiro atoms. The van der Waals surface area contributed by atoms with Crippen LogP contribution in [0.1, 0.15) is 38.3 Å². The third-order valence-electron chi connectivity index (χ3n) is 6.20. The molecule has 0 heterocycles. The number of allylic oxidation sites excluding steroid dienone is 2. The number of carbonyl (C=O) groups is 1. The third-order valence-corrected chi connectivity index (χ3v) is 6.20. The van der Waals surface area contributed by atoms with E-state index in [-0.39, 0.29) is 18.1 Å². The number of carbonyl (C=O) groups excluding carboxylic acids is 1. The summed E-state index contributed by atoms with van der Waals surface area (Å²) < 4.78 is 6.15. The molecule has 0 aliphatic heterocycles. The maximum absolute atomic E-state index is 13.1. The van der Waals surface area contributed by atoms with E-state index in [0.717, 1.165) is 17.5 Å². The van der Waals surface area contributed by atoms with E-state index in [0.29, 0.717) is 18.8 Å². The summed E-state index contributed by atoms with van der Waals surface area (Å²) in [6, 6.07) is 20.9. The van der Waals surface area contributed by atoms with E-state index in [1.807, 2.05) is 56.3 Å². The van der Waals surface area contributed by atoms with Crippen LogP contribution in [-0.2, 0) is 10.2 Å². The van der Waals surface area contributed by atoms with Crippen molar-refractivity contribution in [2.45, 2.75) is 38.6 Å². The minimum Gasteiger partial charge on any atom is -0.414 e. The lowest BCUT2D eigenvalue weighted by Gasteiger charge is -2.40. The fourth-order valence-electron chi connectivity index (χ4n) is 4.04. The third kappa shape index (κ3) is 5.99. The van der Waals surface area contributed by atoms with E-state index in [2.05, 4.69) is 50.2 Å². The summed E-state index contributed by atoms with van der Waals surface area (Å²) in [5, 5.41) is 0. The van der Waals surface area contributed by atoms with E-state index in [1.54, 1.807) is 11.9 Å². The molecule has 2 N–H and O–H groups in total. The Morgan fingerprint density at radius 2 is 1.50 bits per heavy atom. The Morgan fingerprint density at radius 3 is 1.91 bits per heavy atom. The van der Waals surface area contributed by atoms with Crippen LogP contribution >= 0.6 is 0 Å².